The Kier molecular flexibility index (Phi) is 5.76. The lowest BCUT2D eigenvalue weighted by Gasteiger charge is -2.43. The number of rotatable bonds is 5. The number of hydrogen-bond acceptors (Lipinski definition) is 4. The van der Waals surface area contributed by atoms with Gasteiger partial charge in [0.15, 0.2) is 0 Å². The van der Waals surface area contributed by atoms with E-state index in [1.54, 1.807) is 46.0 Å². The van der Waals surface area contributed by atoms with Crippen LogP contribution in [0.4, 0.5) is 10.1 Å². The molecule has 1 aliphatic rings. The third-order valence-corrected chi connectivity index (χ3v) is 7.14. The highest BCUT2D eigenvalue weighted by Crippen LogP contribution is 2.35. The molecule has 35 heavy (non-hydrogen) atoms. The maximum atomic E-state index is 13.9. The Morgan fingerprint density at radius 3 is 2.49 bits per heavy atom. The van der Waals surface area contributed by atoms with Gasteiger partial charge in [-0.2, -0.15) is 5.10 Å². The molecule has 0 spiro atoms. The quantitative estimate of drug-likeness (QED) is 0.425. The summed E-state index contributed by atoms with van der Waals surface area (Å²) in [5, 5.41) is 9.58. The monoisotopic (exact) mass is 488 g/mol. The molecule has 0 aliphatic carbocycles. The van der Waals surface area contributed by atoms with Crippen molar-refractivity contribution in [2.45, 2.75) is 39.4 Å². The molecule has 0 saturated heterocycles. The largest absolute Gasteiger partial charge is 0.350 e. The molecule has 5 rings (SSSR count). The second-order valence-corrected chi connectivity index (χ2v) is 10.1. The minimum absolute atomic E-state index is 0.196. The van der Waals surface area contributed by atoms with Crippen LogP contribution in [0.3, 0.4) is 0 Å². The molecule has 2 amide bonds. The fourth-order valence-electron chi connectivity index (χ4n) is 4.59. The Hall–Kier alpha value is -3.78. The predicted molar refractivity (Wildman–Crippen MR) is 135 cm³/mol. The standard InChI is InChI=1S/C27H25FN4O2S/c1-17-11-18(2)13-21(12-17)32-25(33)23-14-22(24-5-4-10-35-24)30-31(23)16-27(32,3)26(34)29-15-19-6-8-20(28)9-7-19/h4-14H,15-16H2,1-3H3,(H,29,34)/t27-/m1/s1. The van der Waals surface area contributed by atoms with Crippen LogP contribution in [0.5, 0.6) is 0 Å². The van der Waals surface area contributed by atoms with Gasteiger partial charge in [0.2, 0.25) is 5.91 Å². The SMILES string of the molecule is Cc1cc(C)cc(N2C(=O)c3cc(-c4cccs4)nn3C[C@]2(C)C(=O)NCc2ccc(F)cc2)c1. The number of nitrogens with zero attached hydrogens (tertiary/aromatic N) is 3. The van der Waals surface area contributed by atoms with Gasteiger partial charge >= 0.3 is 0 Å². The number of aromatic nitrogens is 2. The predicted octanol–water partition coefficient (Wildman–Crippen LogP) is 5.10. The highest BCUT2D eigenvalue weighted by molar-refractivity contribution is 7.13. The smallest absolute Gasteiger partial charge is 0.277 e. The van der Waals surface area contributed by atoms with Crippen LogP contribution in [-0.2, 0) is 17.9 Å². The number of fused-ring (bicyclic) bond motifs is 1. The van der Waals surface area contributed by atoms with Gasteiger partial charge < -0.3 is 5.32 Å². The molecular weight excluding hydrogens is 463 g/mol. The Morgan fingerprint density at radius 2 is 1.83 bits per heavy atom. The number of amides is 2. The zero-order valence-electron chi connectivity index (χ0n) is 19.7. The van der Waals surface area contributed by atoms with E-state index < -0.39 is 5.54 Å². The van der Waals surface area contributed by atoms with Gasteiger partial charge in [0, 0.05) is 12.2 Å². The maximum Gasteiger partial charge on any atom is 0.277 e. The number of halogens is 1. The molecule has 0 unspecified atom stereocenters. The molecule has 4 aromatic rings. The van der Waals surface area contributed by atoms with E-state index in [0.717, 1.165) is 21.6 Å². The summed E-state index contributed by atoms with van der Waals surface area (Å²) < 4.78 is 14.9. The van der Waals surface area contributed by atoms with Crippen LogP contribution in [0, 0.1) is 19.7 Å². The Balaban J connectivity index is 1.55. The van der Waals surface area contributed by atoms with Crippen LogP contribution in [0.1, 0.15) is 34.1 Å². The molecule has 0 bridgehead atoms. The highest BCUT2D eigenvalue weighted by atomic mass is 32.1. The normalized spacial score (nSPS) is 17.4. The average Bonchev–Trinajstić information content (AvgIpc) is 3.48. The number of aryl methyl sites for hydroxylation is 2. The first kappa shape index (κ1) is 23.0. The van der Waals surface area contributed by atoms with Gasteiger partial charge in [-0.25, -0.2) is 4.39 Å². The van der Waals surface area contributed by atoms with Gasteiger partial charge in [-0.05, 0) is 79.2 Å². The number of nitrogens with one attached hydrogen (secondary N) is 1. The molecule has 1 aliphatic heterocycles. The molecule has 1 atom stereocenters. The van der Waals surface area contributed by atoms with Crippen LogP contribution in [0.2, 0.25) is 0 Å². The van der Waals surface area contributed by atoms with Crippen molar-refractivity contribution in [2.24, 2.45) is 0 Å². The number of anilines is 1. The van der Waals surface area contributed by atoms with Crippen molar-refractivity contribution in [1.29, 1.82) is 0 Å². The molecule has 8 heteroatoms. The van der Waals surface area contributed by atoms with Crippen LogP contribution < -0.4 is 10.2 Å². The van der Waals surface area contributed by atoms with Crippen LogP contribution >= 0.6 is 11.3 Å². The fourth-order valence-corrected chi connectivity index (χ4v) is 5.27. The van der Waals surface area contributed by atoms with E-state index in [4.69, 9.17) is 0 Å². The molecule has 0 fully saturated rings. The molecule has 2 aromatic carbocycles. The molecular formula is C27H25FN4O2S. The summed E-state index contributed by atoms with van der Waals surface area (Å²) in [5.41, 5.74) is 3.35. The summed E-state index contributed by atoms with van der Waals surface area (Å²) in [4.78, 5) is 30.1. The van der Waals surface area contributed by atoms with Crippen molar-refractivity contribution in [3.05, 3.63) is 94.2 Å². The van der Waals surface area contributed by atoms with Gasteiger partial charge in [-0.3, -0.25) is 19.2 Å². The summed E-state index contributed by atoms with van der Waals surface area (Å²) in [6.07, 6.45) is 0. The van der Waals surface area contributed by atoms with Crippen LogP contribution in [-0.4, -0.2) is 27.1 Å². The summed E-state index contributed by atoms with van der Waals surface area (Å²) in [5.74, 6) is -0.928. The summed E-state index contributed by atoms with van der Waals surface area (Å²) >= 11 is 1.55. The van der Waals surface area contributed by atoms with Gasteiger partial charge in [-0.1, -0.05) is 24.3 Å². The van der Waals surface area contributed by atoms with E-state index >= 15 is 0 Å². The minimum Gasteiger partial charge on any atom is -0.350 e. The van der Waals surface area contributed by atoms with E-state index in [1.165, 1.54) is 12.1 Å². The van der Waals surface area contributed by atoms with Crippen molar-refractivity contribution in [3.8, 4) is 10.6 Å². The van der Waals surface area contributed by atoms with Crippen molar-refractivity contribution in [3.63, 3.8) is 0 Å². The number of carbonyl (C=O) groups is 2. The minimum atomic E-state index is -1.23. The maximum absolute atomic E-state index is 13.9. The Morgan fingerprint density at radius 1 is 1.11 bits per heavy atom. The van der Waals surface area contributed by atoms with E-state index in [2.05, 4.69) is 10.4 Å². The molecule has 0 saturated carbocycles. The molecule has 178 valence electrons. The van der Waals surface area contributed by atoms with E-state index in [9.17, 15) is 14.0 Å². The third-order valence-electron chi connectivity index (χ3n) is 6.25. The average molecular weight is 489 g/mol. The lowest BCUT2D eigenvalue weighted by atomic mass is 9.93. The summed E-state index contributed by atoms with van der Waals surface area (Å²) in [7, 11) is 0. The van der Waals surface area contributed by atoms with Gasteiger partial charge in [0.25, 0.3) is 5.91 Å². The second-order valence-electron chi connectivity index (χ2n) is 9.12. The van der Waals surface area contributed by atoms with Crippen molar-refractivity contribution in [2.75, 3.05) is 4.90 Å². The van der Waals surface area contributed by atoms with Gasteiger partial charge in [0.1, 0.15) is 22.7 Å². The van der Waals surface area contributed by atoms with E-state index in [-0.39, 0.29) is 30.7 Å². The molecule has 6 nitrogen and oxygen atoms in total. The number of carbonyl (C=O) groups excluding carboxylic acids is 2. The van der Waals surface area contributed by atoms with Crippen LogP contribution in [0.15, 0.2) is 66.0 Å². The second kappa shape index (κ2) is 8.78. The first-order valence-corrected chi connectivity index (χ1v) is 12.2. The fraction of sp³-hybridized carbons (Fsp3) is 0.222. The Bertz CT molecular complexity index is 1390. The molecule has 1 N–H and O–H groups in total. The van der Waals surface area contributed by atoms with E-state index in [1.807, 2.05) is 49.6 Å². The summed E-state index contributed by atoms with van der Waals surface area (Å²) in [6.45, 7) is 6.11. The summed E-state index contributed by atoms with van der Waals surface area (Å²) in [6, 6.07) is 17.5. The third kappa shape index (κ3) is 4.25. The number of benzene rings is 2. The van der Waals surface area contributed by atoms with E-state index in [0.29, 0.717) is 17.1 Å². The zero-order valence-corrected chi connectivity index (χ0v) is 20.5. The lowest BCUT2D eigenvalue weighted by molar-refractivity contribution is -0.126. The zero-order chi connectivity index (χ0) is 24.7. The van der Waals surface area contributed by atoms with Crippen molar-refractivity contribution < 1.29 is 14.0 Å². The number of thiophene rings is 1. The Labute approximate surface area is 207 Å². The highest BCUT2D eigenvalue weighted by Gasteiger charge is 2.49. The molecule has 2 aromatic heterocycles. The van der Waals surface area contributed by atoms with Crippen molar-refractivity contribution >= 4 is 28.8 Å². The first-order valence-electron chi connectivity index (χ1n) is 11.3. The number of hydrogen-bond donors (Lipinski definition) is 1. The molecule has 0 radical (unpaired) electrons. The lowest BCUT2D eigenvalue weighted by Crippen LogP contribution is -2.64. The van der Waals surface area contributed by atoms with Crippen molar-refractivity contribution in [1.82, 2.24) is 15.1 Å². The molecule has 3 heterocycles. The van der Waals surface area contributed by atoms with Crippen LogP contribution in [0.25, 0.3) is 10.6 Å². The first-order chi connectivity index (χ1) is 16.7. The van der Waals surface area contributed by atoms with Gasteiger partial charge in [-0.15, -0.1) is 11.3 Å². The topological polar surface area (TPSA) is 67.2 Å². The van der Waals surface area contributed by atoms with Gasteiger partial charge in [0.05, 0.1) is 11.4 Å².